The number of fused-ring (bicyclic) bond motifs is 1. The van der Waals surface area contributed by atoms with Gasteiger partial charge in [-0.15, -0.1) is 10.2 Å². The molecule has 0 bridgehead atoms. The molecule has 0 spiro atoms. The number of hydrogen-bond donors (Lipinski definition) is 0. The molecular weight excluding hydrogens is 370 g/mol. The number of rotatable bonds is 3. The van der Waals surface area contributed by atoms with Gasteiger partial charge in [0.05, 0.1) is 6.26 Å². The molecule has 1 saturated heterocycles. The van der Waals surface area contributed by atoms with Crippen LogP contribution in [-0.4, -0.2) is 51.9 Å². The Bertz CT molecular complexity index is 1060. The van der Waals surface area contributed by atoms with Gasteiger partial charge in [0.25, 0.3) is 0 Å². The van der Waals surface area contributed by atoms with E-state index in [4.69, 9.17) is 5.10 Å². The largest absolute Gasteiger partial charge is 0.234 e. The topological polar surface area (TPSA) is 80.5 Å². The third-order valence-corrected chi connectivity index (χ3v) is 7.31. The SMILES string of the molecule is Cc1ccc(-c2nn3c(C4CCN(S(C)(=O)=O)CC4)nnc3s2)cc1C. The molecule has 138 valence electrons. The van der Waals surface area contributed by atoms with Gasteiger partial charge in [-0.25, -0.2) is 12.7 Å². The first-order valence-electron chi connectivity index (χ1n) is 8.58. The minimum absolute atomic E-state index is 0.178. The third-order valence-electron chi connectivity index (χ3n) is 5.06. The fourth-order valence-electron chi connectivity index (χ4n) is 3.32. The maximum Gasteiger partial charge on any atom is 0.234 e. The molecule has 2 aromatic heterocycles. The molecule has 4 rings (SSSR count). The average Bonchev–Trinajstić information content (AvgIpc) is 3.17. The minimum Gasteiger partial charge on any atom is -0.213 e. The van der Waals surface area contributed by atoms with Crippen molar-refractivity contribution in [2.45, 2.75) is 32.6 Å². The van der Waals surface area contributed by atoms with E-state index in [9.17, 15) is 8.42 Å². The van der Waals surface area contributed by atoms with Crippen molar-refractivity contribution in [3.05, 3.63) is 35.2 Å². The van der Waals surface area contributed by atoms with Crippen LogP contribution < -0.4 is 0 Å². The Morgan fingerprint density at radius 1 is 1.12 bits per heavy atom. The van der Waals surface area contributed by atoms with Crippen LogP contribution in [0.3, 0.4) is 0 Å². The van der Waals surface area contributed by atoms with Gasteiger partial charge < -0.3 is 0 Å². The molecular formula is C17H21N5O2S2. The summed E-state index contributed by atoms with van der Waals surface area (Å²) in [5, 5.41) is 14.3. The van der Waals surface area contributed by atoms with Crippen molar-refractivity contribution < 1.29 is 8.42 Å². The molecule has 1 aliphatic heterocycles. The molecule has 26 heavy (non-hydrogen) atoms. The smallest absolute Gasteiger partial charge is 0.213 e. The molecule has 0 atom stereocenters. The zero-order chi connectivity index (χ0) is 18.5. The van der Waals surface area contributed by atoms with E-state index in [0.717, 1.165) is 34.2 Å². The Kier molecular flexibility index (Phi) is 4.32. The van der Waals surface area contributed by atoms with Crippen molar-refractivity contribution in [1.29, 1.82) is 0 Å². The first kappa shape index (κ1) is 17.6. The lowest BCUT2D eigenvalue weighted by atomic mass is 9.97. The van der Waals surface area contributed by atoms with Crippen LogP contribution in [0.4, 0.5) is 0 Å². The van der Waals surface area contributed by atoms with Gasteiger partial charge in [-0.05, 0) is 43.9 Å². The van der Waals surface area contributed by atoms with Crippen LogP contribution in [0.15, 0.2) is 18.2 Å². The third kappa shape index (κ3) is 3.15. The highest BCUT2D eigenvalue weighted by atomic mass is 32.2. The normalized spacial score (nSPS) is 17.2. The number of aromatic nitrogens is 4. The molecule has 0 saturated carbocycles. The summed E-state index contributed by atoms with van der Waals surface area (Å²) in [5.74, 6) is 1.01. The number of hydrogen-bond acceptors (Lipinski definition) is 6. The molecule has 1 aromatic carbocycles. The zero-order valence-electron chi connectivity index (χ0n) is 15.0. The van der Waals surface area contributed by atoms with Crippen LogP contribution in [0.5, 0.6) is 0 Å². The first-order chi connectivity index (χ1) is 12.3. The van der Waals surface area contributed by atoms with Crippen molar-refractivity contribution in [3.8, 4) is 10.6 Å². The molecule has 1 fully saturated rings. The van der Waals surface area contributed by atoms with Crippen molar-refractivity contribution in [2.24, 2.45) is 0 Å². The van der Waals surface area contributed by atoms with Gasteiger partial charge in [0, 0.05) is 24.6 Å². The van der Waals surface area contributed by atoms with E-state index in [-0.39, 0.29) is 5.92 Å². The molecule has 9 heteroatoms. The number of benzene rings is 1. The summed E-state index contributed by atoms with van der Waals surface area (Å²) in [4.78, 5) is 0.777. The number of sulfonamides is 1. The van der Waals surface area contributed by atoms with E-state index in [0.29, 0.717) is 13.1 Å². The summed E-state index contributed by atoms with van der Waals surface area (Å²) in [6, 6.07) is 6.33. The van der Waals surface area contributed by atoms with Crippen LogP contribution in [-0.2, 0) is 10.0 Å². The van der Waals surface area contributed by atoms with Crippen molar-refractivity contribution >= 4 is 26.3 Å². The molecule has 3 heterocycles. The van der Waals surface area contributed by atoms with Crippen LogP contribution >= 0.6 is 11.3 Å². The predicted molar refractivity (Wildman–Crippen MR) is 102 cm³/mol. The molecule has 0 radical (unpaired) electrons. The van der Waals surface area contributed by atoms with Gasteiger partial charge >= 0.3 is 0 Å². The molecule has 3 aromatic rings. The summed E-state index contributed by atoms with van der Waals surface area (Å²) in [6.07, 6.45) is 2.74. The molecule has 0 N–H and O–H groups in total. The summed E-state index contributed by atoms with van der Waals surface area (Å²) in [6.45, 7) is 5.23. The summed E-state index contributed by atoms with van der Waals surface area (Å²) >= 11 is 1.53. The van der Waals surface area contributed by atoms with Gasteiger partial charge in [-0.2, -0.15) is 9.61 Å². The maximum absolute atomic E-state index is 11.7. The highest BCUT2D eigenvalue weighted by molar-refractivity contribution is 7.88. The molecule has 7 nitrogen and oxygen atoms in total. The summed E-state index contributed by atoms with van der Waals surface area (Å²) in [7, 11) is -3.12. The Labute approximate surface area is 156 Å². The van der Waals surface area contributed by atoms with Crippen molar-refractivity contribution in [3.63, 3.8) is 0 Å². The first-order valence-corrected chi connectivity index (χ1v) is 11.2. The second-order valence-corrected chi connectivity index (χ2v) is 9.83. The Hall–Kier alpha value is -1.84. The average molecular weight is 392 g/mol. The van der Waals surface area contributed by atoms with Gasteiger partial charge in [0.1, 0.15) is 5.01 Å². The van der Waals surface area contributed by atoms with E-state index in [1.54, 1.807) is 0 Å². The lowest BCUT2D eigenvalue weighted by Crippen LogP contribution is -2.37. The van der Waals surface area contributed by atoms with Crippen molar-refractivity contribution in [1.82, 2.24) is 24.1 Å². The lowest BCUT2D eigenvalue weighted by molar-refractivity contribution is 0.313. The number of aryl methyl sites for hydroxylation is 2. The number of nitrogens with zero attached hydrogens (tertiary/aromatic N) is 5. The van der Waals surface area contributed by atoms with Crippen LogP contribution in [0.1, 0.15) is 35.7 Å². The van der Waals surface area contributed by atoms with Crippen molar-refractivity contribution in [2.75, 3.05) is 19.3 Å². The van der Waals surface area contributed by atoms with Crippen LogP contribution in [0.25, 0.3) is 15.5 Å². The Morgan fingerprint density at radius 3 is 2.50 bits per heavy atom. The van der Waals surface area contributed by atoms with E-state index in [2.05, 4.69) is 42.2 Å². The highest BCUT2D eigenvalue weighted by Gasteiger charge is 2.29. The second kappa shape index (κ2) is 6.40. The predicted octanol–water partition coefficient (Wildman–Crippen LogP) is 2.61. The van der Waals surface area contributed by atoms with Gasteiger partial charge in [0.15, 0.2) is 5.82 Å². The number of piperidine rings is 1. The van der Waals surface area contributed by atoms with Crippen LogP contribution in [0, 0.1) is 13.8 Å². The maximum atomic E-state index is 11.7. The minimum atomic E-state index is -3.12. The van der Waals surface area contributed by atoms with E-state index in [1.165, 1.54) is 33.0 Å². The molecule has 0 amide bonds. The zero-order valence-corrected chi connectivity index (χ0v) is 16.6. The van der Waals surface area contributed by atoms with Gasteiger partial charge in [-0.3, -0.25) is 0 Å². The molecule has 0 aliphatic carbocycles. The van der Waals surface area contributed by atoms with Crippen LogP contribution in [0.2, 0.25) is 0 Å². The fraction of sp³-hybridized carbons (Fsp3) is 0.471. The van der Waals surface area contributed by atoms with Gasteiger partial charge in [-0.1, -0.05) is 23.5 Å². The monoisotopic (exact) mass is 391 g/mol. The fourth-order valence-corrected chi connectivity index (χ4v) is 5.04. The lowest BCUT2D eigenvalue weighted by Gasteiger charge is -2.28. The second-order valence-electron chi connectivity index (χ2n) is 6.90. The summed E-state index contributed by atoms with van der Waals surface area (Å²) < 4.78 is 26.7. The quantitative estimate of drug-likeness (QED) is 0.686. The Morgan fingerprint density at radius 2 is 1.85 bits per heavy atom. The highest BCUT2D eigenvalue weighted by Crippen LogP contribution is 2.31. The van der Waals surface area contributed by atoms with Gasteiger partial charge in [0.2, 0.25) is 15.0 Å². The molecule has 1 aliphatic rings. The van der Waals surface area contributed by atoms with E-state index < -0.39 is 10.0 Å². The molecule has 0 unspecified atom stereocenters. The standard InChI is InChI=1S/C17H21N5O2S2/c1-11-4-5-14(10-12(11)2)16-20-22-15(18-19-17(22)25-16)13-6-8-21(9-7-13)26(3,23)24/h4-5,10,13H,6-9H2,1-3H3. The van der Waals surface area contributed by atoms with E-state index >= 15 is 0 Å². The van der Waals surface area contributed by atoms with E-state index in [1.807, 2.05) is 4.52 Å². The Balaban J connectivity index is 1.62. The summed E-state index contributed by atoms with van der Waals surface area (Å²) in [5.41, 5.74) is 3.58.